The van der Waals surface area contributed by atoms with Crippen LogP contribution in [0.2, 0.25) is 0 Å². The van der Waals surface area contributed by atoms with E-state index in [0.717, 1.165) is 29.2 Å². The summed E-state index contributed by atoms with van der Waals surface area (Å²) >= 11 is 0. The van der Waals surface area contributed by atoms with Crippen molar-refractivity contribution in [3.63, 3.8) is 0 Å². The van der Waals surface area contributed by atoms with Gasteiger partial charge >= 0.3 is 0 Å². The smallest absolute Gasteiger partial charge is 0.267 e. The first-order valence-electron chi connectivity index (χ1n) is 12.4. The van der Waals surface area contributed by atoms with Crippen molar-refractivity contribution in [2.75, 3.05) is 18.4 Å². The molecule has 0 saturated heterocycles. The minimum Gasteiger partial charge on any atom is -0.339 e. The Morgan fingerprint density at radius 1 is 1.03 bits per heavy atom. The lowest BCUT2D eigenvalue weighted by Gasteiger charge is -2.27. The highest BCUT2D eigenvalue weighted by Crippen LogP contribution is 2.57. The Labute approximate surface area is 211 Å². The fraction of sp³-hybridized carbons (Fsp3) is 0.444. The van der Waals surface area contributed by atoms with E-state index in [1.54, 1.807) is 24.3 Å². The highest BCUT2D eigenvalue weighted by Gasteiger charge is 2.52. The summed E-state index contributed by atoms with van der Waals surface area (Å²) in [6.07, 6.45) is 3.72. The zero-order valence-electron chi connectivity index (χ0n) is 20.7. The molecule has 2 unspecified atom stereocenters. The van der Waals surface area contributed by atoms with Gasteiger partial charge in [-0.25, -0.2) is 5.48 Å². The van der Waals surface area contributed by atoms with Crippen molar-refractivity contribution >= 4 is 23.4 Å². The summed E-state index contributed by atoms with van der Waals surface area (Å²) in [6, 6.07) is 13.8. The molecule has 7 N–H and O–H groups in total. The minimum absolute atomic E-state index is 0.0515. The quantitative estimate of drug-likeness (QED) is 0.233. The van der Waals surface area contributed by atoms with Crippen LogP contribution in [0.3, 0.4) is 0 Å². The highest BCUT2D eigenvalue weighted by atomic mass is 16.5. The number of benzene rings is 2. The van der Waals surface area contributed by atoms with Gasteiger partial charge in [0.25, 0.3) is 11.8 Å². The van der Waals surface area contributed by atoms with Crippen LogP contribution in [-0.2, 0) is 9.59 Å². The SMILES string of the molecule is CC1(C)C2CC[C@H]1C(NCC(=O)Nc1ccc(-c3ccc(C(=O)N[C@@H](CN)C(=O)NO)cc3)cc1)C2. The third kappa shape index (κ3) is 5.43. The Morgan fingerprint density at radius 3 is 2.19 bits per heavy atom. The number of hydrogen-bond acceptors (Lipinski definition) is 6. The highest BCUT2D eigenvalue weighted by molar-refractivity contribution is 5.98. The summed E-state index contributed by atoms with van der Waals surface area (Å²) in [5.41, 5.74) is 10.2. The second-order valence-corrected chi connectivity index (χ2v) is 10.4. The molecular formula is C27H35N5O4. The van der Waals surface area contributed by atoms with Crippen molar-refractivity contribution in [2.45, 2.75) is 45.2 Å². The molecule has 2 bridgehead atoms. The first-order chi connectivity index (χ1) is 17.2. The maximum Gasteiger partial charge on any atom is 0.267 e. The van der Waals surface area contributed by atoms with Crippen molar-refractivity contribution in [1.29, 1.82) is 0 Å². The molecule has 2 aromatic rings. The van der Waals surface area contributed by atoms with Crippen molar-refractivity contribution in [2.24, 2.45) is 23.0 Å². The van der Waals surface area contributed by atoms with Crippen molar-refractivity contribution in [3.8, 4) is 11.1 Å². The van der Waals surface area contributed by atoms with Crippen molar-refractivity contribution in [1.82, 2.24) is 16.1 Å². The van der Waals surface area contributed by atoms with E-state index in [9.17, 15) is 14.4 Å². The second-order valence-electron chi connectivity index (χ2n) is 10.4. The number of carbonyl (C=O) groups is 3. The van der Waals surface area contributed by atoms with Gasteiger partial charge in [-0.1, -0.05) is 38.1 Å². The molecule has 9 nitrogen and oxygen atoms in total. The Bertz CT molecular complexity index is 1100. The predicted octanol–water partition coefficient (Wildman–Crippen LogP) is 2.27. The zero-order valence-corrected chi connectivity index (χ0v) is 20.7. The molecule has 0 aliphatic heterocycles. The molecule has 192 valence electrons. The average molecular weight is 494 g/mol. The molecule has 9 heteroatoms. The molecule has 36 heavy (non-hydrogen) atoms. The van der Waals surface area contributed by atoms with Crippen LogP contribution >= 0.6 is 0 Å². The van der Waals surface area contributed by atoms with Gasteiger partial charge in [-0.2, -0.15) is 0 Å². The van der Waals surface area contributed by atoms with E-state index in [1.807, 2.05) is 24.3 Å². The summed E-state index contributed by atoms with van der Waals surface area (Å²) in [5, 5.41) is 17.6. The summed E-state index contributed by atoms with van der Waals surface area (Å²) in [7, 11) is 0. The van der Waals surface area contributed by atoms with Crippen LogP contribution in [0.25, 0.3) is 11.1 Å². The molecule has 0 spiro atoms. The molecule has 2 aromatic carbocycles. The number of amides is 3. The monoisotopic (exact) mass is 493 g/mol. The maximum absolute atomic E-state index is 12.5. The summed E-state index contributed by atoms with van der Waals surface area (Å²) in [5.74, 6) is 0.106. The fourth-order valence-electron chi connectivity index (χ4n) is 5.81. The number of fused-ring (bicyclic) bond motifs is 2. The van der Waals surface area contributed by atoms with Crippen LogP contribution in [0.1, 0.15) is 43.5 Å². The standard InChI is InChI=1S/C27H35N5O4/c1-27(2)19-9-12-21(27)22(13-19)29-15-24(33)30-20-10-7-17(8-11-20)16-3-5-18(6-4-16)25(34)31-23(14-28)26(35)32-36/h3-8,10-11,19,21-23,29,36H,9,12-15,28H2,1-2H3,(H,30,33)(H,31,34)(H,32,35)/t19?,21-,22?,23-/m0/s1. The van der Waals surface area contributed by atoms with E-state index in [-0.39, 0.29) is 12.5 Å². The average Bonchev–Trinajstić information content (AvgIpc) is 3.31. The van der Waals surface area contributed by atoms with Crippen molar-refractivity contribution < 1.29 is 19.6 Å². The van der Waals surface area contributed by atoms with Crippen molar-refractivity contribution in [3.05, 3.63) is 54.1 Å². The maximum atomic E-state index is 12.5. The zero-order chi connectivity index (χ0) is 25.9. The summed E-state index contributed by atoms with van der Waals surface area (Å²) in [4.78, 5) is 36.4. The molecule has 4 atom stereocenters. The van der Waals surface area contributed by atoms with E-state index >= 15 is 0 Å². The van der Waals surface area contributed by atoms with E-state index in [1.165, 1.54) is 18.3 Å². The Balaban J connectivity index is 1.28. The molecule has 2 aliphatic rings. The number of hydroxylamine groups is 1. The normalized spacial score (nSPS) is 22.6. The minimum atomic E-state index is -1.03. The van der Waals surface area contributed by atoms with Gasteiger partial charge in [-0.05, 0) is 71.9 Å². The van der Waals surface area contributed by atoms with Gasteiger partial charge in [-0.15, -0.1) is 0 Å². The lowest BCUT2D eigenvalue weighted by molar-refractivity contribution is -0.130. The Hall–Kier alpha value is -3.27. The fourth-order valence-corrected chi connectivity index (χ4v) is 5.81. The largest absolute Gasteiger partial charge is 0.339 e. The van der Waals surface area contributed by atoms with Crippen LogP contribution in [0.15, 0.2) is 48.5 Å². The van der Waals surface area contributed by atoms with Crippen LogP contribution in [0.5, 0.6) is 0 Å². The van der Waals surface area contributed by atoms with E-state index < -0.39 is 17.9 Å². The molecule has 4 rings (SSSR count). The van der Waals surface area contributed by atoms with Gasteiger partial charge in [0.05, 0.1) is 6.54 Å². The lowest BCUT2D eigenvalue weighted by Crippen LogP contribution is -2.50. The number of carbonyl (C=O) groups excluding carboxylic acids is 3. The van der Waals surface area contributed by atoms with Gasteiger partial charge in [0.15, 0.2) is 0 Å². The Morgan fingerprint density at radius 2 is 1.67 bits per heavy atom. The third-order valence-electron chi connectivity index (χ3n) is 8.00. The first-order valence-corrected chi connectivity index (χ1v) is 12.4. The summed E-state index contributed by atoms with van der Waals surface area (Å²) in [6.45, 7) is 4.88. The molecule has 0 radical (unpaired) electrons. The van der Waals surface area contributed by atoms with Gasteiger partial charge in [0.1, 0.15) is 6.04 Å². The summed E-state index contributed by atoms with van der Waals surface area (Å²) < 4.78 is 0. The molecule has 0 heterocycles. The molecule has 3 amide bonds. The van der Waals surface area contributed by atoms with Gasteiger partial charge in [0.2, 0.25) is 5.91 Å². The number of anilines is 1. The first kappa shape index (κ1) is 25.8. The number of rotatable bonds is 9. The van der Waals surface area contributed by atoms with E-state index in [2.05, 4.69) is 29.8 Å². The molecular weight excluding hydrogens is 458 g/mol. The topological polar surface area (TPSA) is 146 Å². The van der Waals surface area contributed by atoms with Crippen LogP contribution in [0, 0.1) is 17.3 Å². The van der Waals surface area contributed by atoms with E-state index in [4.69, 9.17) is 10.9 Å². The Kier molecular flexibility index (Phi) is 7.73. The van der Waals surface area contributed by atoms with Gasteiger partial charge in [0, 0.05) is 23.8 Å². The van der Waals surface area contributed by atoms with Crippen LogP contribution in [-0.4, -0.2) is 48.1 Å². The lowest BCUT2D eigenvalue weighted by atomic mass is 9.81. The van der Waals surface area contributed by atoms with Crippen LogP contribution < -0.4 is 27.2 Å². The van der Waals surface area contributed by atoms with Gasteiger partial charge in [-0.3, -0.25) is 19.6 Å². The molecule has 2 fully saturated rings. The second kappa shape index (κ2) is 10.8. The molecule has 0 aromatic heterocycles. The number of nitrogens with two attached hydrogens (primary N) is 1. The van der Waals surface area contributed by atoms with Crippen LogP contribution in [0.4, 0.5) is 5.69 Å². The van der Waals surface area contributed by atoms with Gasteiger partial charge < -0.3 is 21.7 Å². The number of nitrogens with one attached hydrogen (secondary N) is 4. The number of hydrogen-bond donors (Lipinski definition) is 6. The molecule has 2 aliphatic carbocycles. The molecule has 2 saturated carbocycles. The predicted molar refractivity (Wildman–Crippen MR) is 137 cm³/mol. The van der Waals surface area contributed by atoms with E-state index in [0.29, 0.717) is 29.5 Å². The third-order valence-corrected chi connectivity index (χ3v) is 8.00.